The molecule has 0 spiro atoms. The SMILES string of the molecule is O=C(Nc1ccc(Br)cc1F)c1cccc(N2C(=O)c3ccccc3C2=O)c1. The summed E-state index contributed by atoms with van der Waals surface area (Å²) in [6, 6.07) is 16.9. The van der Waals surface area contributed by atoms with E-state index in [1.807, 2.05) is 0 Å². The van der Waals surface area contributed by atoms with Crippen LogP contribution in [0.5, 0.6) is 0 Å². The van der Waals surface area contributed by atoms with Crippen LogP contribution in [0.3, 0.4) is 0 Å². The number of nitrogens with zero attached hydrogens (tertiary/aromatic N) is 1. The van der Waals surface area contributed by atoms with E-state index in [2.05, 4.69) is 21.2 Å². The first kappa shape index (κ1) is 18.1. The van der Waals surface area contributed by atoms with E-state index in [9.17, 15) is 18.8 Å². The normalized spacial score (nSPS) is 12.9. The third-order valence-corrected chi connectivity index (χ3v) is 4.83. The van der Waals surface area contributed by atoms with Crippen molar-refractivity contribution >= 4 is 45.0 Å². The summed E-state index contributed by atoms with van der Waals surface area (Å²) in [7, 11) is 0. The number of imide groups is 1. The van der Waals surface area contributed by atoms with Crippen molar-refractivity contribution in [1.29, 1.82) is 0 Å². The molecule has 1 heterocycles. The molecule has 138 valence electrons. The predicted octanol–water partition coefficient (Wildman–Crippen LogP) is 4.64. The predicted molar refractivity (Wildman–Crippen MR) is 106 cm³/mol. The number of anilines is 2. The van der Waals surface area contributed by atoms with Crippen LogP contribution in [0.4, 0.5) is 15.8 Å². The fourth-order valence-corrected chi connectivity index (χ4v) is 3.33. The summed E-state index contributed by atoms with van der Waals surface area (Å²) < 4.78 is 14.5. The Morgan fingerprint density at radius 2 is 1.57 bits per heavy atom. The van der Waals surface area contributed by atoms with E-state index in [-0.39, 0.29) is 16.9 Å². The van der Waals surface area contributed by atoms with Crippen molar-refractivity contribution < 1.29 is 18.8 Å². The Balaban J connectivity index is 1.63. The highest BCUT2D eigenvalue weighted by atomic mass is 79.9. The van der Waals surface area contributed by atoms with Crippen LogP contribution in [0, 0.1) is 5.82 Å². The van der Waals surface area contributed by atoms with E-state index < -0.39 is 23.5 Å². The van der Waals surface area contributed by atoms with Crippen LogP contribution in [0.25, 0.3) is 0 Å². The molecule has 0 unspecified atom stereocenters. The van der Waals surface area contributed by atoms with E-state index >= 15 is 0 Å². The van der Waals surface area contributed by atoms with Gasteiger partial charge in [-0.15, -0.1) is 0 Å². The largest absolute Gasteiger partial charge is 0.319 e. The molecule has 1 aliphatic heterocycles. The number of hydrogen-bond acceptors (Lipinski definition) is 3. The molecule has 28 heavy (non-hydrogen) atoms. The zero-order valence-electron chi connectivity index (χ0n) is 14.3. The minimum Gasteiger partial charge on any atom is -0.319 e. The van der Waals surface area contributed by atoms with Gasteiger partial charge in [0.15, 0.2) is 0 Å². The van der Waals surface area contributed by atoms with Crippen LogP contribution >= 0.6 is 15.9 Å². The summed E-state index contributed by atoms with van der Waals surface area (Å²) >= 11 is 3.16. The topological polar surface area (TPSA) is 66.5 Å². The maximum atomic E-state index is 14.0. The van der Waals surface area contributed by atoms with E-state index in [1.54, 1.807) is 42.5 Å². The molecular weight excluding hydrogens is 427 g/mol. The van der Waals surface area contributed by atoms with Gasteiger partial charge in [0.1, 0.15) is 5.82 Å². The van der Waals surface area contributed by atoms with Crippen molar-refractivity contribution in [3.05, 3.63) is 93.7 Å². The average molecular weight is 439 g/mol. The maximum absolute atomic E-state index is 14.0. The van der Waals surface area contributed by atoms with E-state index in [0.29, 0.717) is 15.6 Å². The van der Waals surface area contributed by atoms with E-state index in [0.717, 1.165) is 4.90 Å². The lowest BCUT2D eigenvalue weighted by atomic mass is 10.1. The molecule has 3 amide bonds. The van der Waals surface area contributed by atoms with Crippen molar-refractivity contribution in [3.8, 4) is 0 Å². The first-order chi connectivity index (χ1) is 13.5. The van der Waals surface area contributed by atoms with Gasteiger partial charge in [-0.25, -0.2) is 9.29 Å². The summed E-state index contributed by atoms with van der Waals surface area (Å²) in [6.07, 6.45) is 0. The standard InChI is InChI=1S/C21H12BrFN2O3/c22-13-8-9-18(17(23)11-13)24-19(26)12-4-3-5-14(10-12)25-20(27)15-6-1-2-7-16(15)21(25)28/h1-11H,(H,24,26). The quantitative estimate of drug-likeness (QED) is 0.605. The zero-order valence-corrected chi connectivity index (χ0v) is 15.9. The van der Waals surface area contributed by atoms with Gasteiger partial charge in [-0.05, 0) is 48.5 Å². The van der Waals surface area contributed by atoms with Crippen LogP contribution in [0.15, 0.2) is 71.2 Å². The van der Waals surface area contributed by atoms with Gasteiger partial charge in [0.2, 0.25) is 0 Å². The van der Waals surface area contributed by atoms with Crippen molar-refractivity contribution in [1.82, 2.24) is 0 Å². The molecule has 5 nitrogen and oxygen atoms in total. The summed E-state index contributed by atoms with van der Waals surface area (Å²) in [4.78, 5) is 38.8. The van der Waals surface area contributed by atoms with Crippen LogP contribution in [-0.4, -0.2) is 17.7 Å². The molecule has 4 rings (SSSR count). The fourth-order valence-electron chi connectivity index (χ4n) is 3.00. The molecular formula is C21H12BrFN2O3. The lowest BCUT2D eigenvalue weighted by molar-refractivity contribution is 0.0924. The molecule has 3 aromatic rings. The average Bonchev–Trinajstić information content (AvgIpc) is 2.95. The molecule has 0 aromatic heterocycles. The summed E-state index contributed by atoms with van der Waals surface area (Å²) in [6.45, 7) is 0. The van der Waals surface area contributed by atoms with Gasteiger partial charge in [0, 0.05) is 10.0 Å². The summed E-state index contributed by atoms with van der Waals surface area (Å²) in [5, 5.41) is 2.49. The number of benzene rings is 3. The van der Waals surface area contributed by atoms with Gasteiger partial charge in [-0.2, -0.15) is 0 Å². The molecule has 0 atom stereocenters. The minimum absolute atomic E-state index is 0.0272. The van der Waals surface area contributed by atoms with Gasteiger partial charge in [0.05, 0.1) is 22.5 Å². The zero-order chi connectivity index (χ0) is 19.8. The number of carbonyl (C=O) groups is 3. The van der Waals surface area contributed by atoms with Crippen molar-refractivity contribution in [3.63, 3.8) is 0 Å². The fraction of sp³-hybridized carbons (Fsp3) is 0. The second kappa shape index (κ2) is 7.01. The Morgan fingerprint density at radius 1 is 0.893 bits per heavy atom. The Labute approximate surface area is 167 Å². The monoisotopic (exact) mass is 438 g/mol. The lowest BCUT2D eigenvalue weighted by Gasteiger charge is -2.15. The molecule has 1 aliphatic rings. The number of amides is 3. The summed E-state index contributed by atoms with van der Waals surface area (Å²) in [5.41, 5.74) is 1.13. The molecule has 1 N–H and O–H groups in total. The second-order valence-corrected chi connectivity index (χ2v) is 7.04. The van der Waals surface area contributed by atoms with E-state index in [1.165, 1.54) is 24.3 Å². The van der Waals surface area contributed by atoms with Gasteiger partial charge in [-0.1, -0.05) is 34.1 Å². The molecule has 0 aliphatic carbocycles. The summed E-state index contributed by atoms with van der Waals surface area (Å²) in [5.74, 6) is -2.03. The highest BCUT2D eigenvalue weighted by Gasteiger charge is 2.36. The van der Waals surface area contributed by atoms with Gasteiger partial charge >= 0.3 is 0 Å². The Bertz CT molecular complexity index is 1110. The number of rotatable bonds is 3. The number of fused-ring (bicyclic) bond motifs is 1. The molecule has 0 saturated heterocycles. The smallest absolute Gasteiger partial charge is 0.266 e. The Kier molecular flexibility index (Phi) is 4.52. The number of halogens is 2. The third-order valence-electron chi connectivity index (χ3n) is 4.34. The number of hydrogen-bond donors (Lipinski definition) is 1. The van der Waals surface area contributed by atoms with Crippen molar-refractivity contribution in [2.24, 2.45) is 0 Å². The van der Waals surface area contributed by atoms with Crippen LogP contribution in [0.2, 0.25) is 0 Å². The number of carbonyl (C=O) groups excluding carboxylic acids is 3. The van der Waals surface area contributed by atoms with Crippen LogP contribution < -0.4 is 10.2 Å². The Morgan fingerprint density at radius 3 is 2.21 bits per heavy atom. The molecule has 0 saturated carbocycles. The third kappa shape index (κ3) is 3.10. The van der Waals surface area contributed by atoms with Gasteiger partial charge in [-0.3, -0.25) is 14.4 Å². The number of nitrogens with one attached hydrogen (secondary N) is 1. The lowest BCUT2D eigenvalue weighted by Crippen LogP contribution is -2.29. The minimum atomic E-state index is -0.584. The highest BCUT2D eigenvalue weighted by molar-refractivity contribution is 9.10. The second-order valence-electron chi connectivity index (χ2n) is 6.12. The first-order valence-corrected chi connectivity index (χ1v) is 9.09. The van der Waals surface area contributed by atoms with E-state index in [4.69, 9.17) is 0 Å². The van der Waals surface area contributed by atoms with Crippen molar-refractivity contribution in [2.75, 3.05) is 10.2 Å². The van der Waals surface area contributed by atoms with Gasteiger partial charge < -0.3 is 5.32 Å². The van der Waals surface area contributed by atoms with Crippen molar-refractivity contribution in [2.45, 2.75) is 0 Å². The Hall–Kier alpha value is -3.32. The molecule has 7 heteroatoms. The molecule has 0 bridgehead atoms. The van der Waals surface area contributed by atoms with Crippen LogP contribution in [-0.2, 0) is 0 Å². The van der Waals surface area contributed by atoms with Crippen LogP contribution in [0.1, 0.15) is 31.1 Å². The maximum Gasteiger partial charge on any atom is 0.266 e. The highest BCUT2D eigenvalue weighted by Crippen LogP contribution is 2.29. The molecule has 3 aromatic carbocycles. The first-order valence-electron chi connectivity index (χ1n) is 8.30. The molecule has 0 fully saturated rings. The van der Waals surface area contributed by atoms with Gasteiger partial charge in [0.25, 0.3) is 17.7 Å². The molecule has 0 radical (unpaired) electrons.